The standard InChI is InChI=1S/C8H8NO/c1-2-7-3-4-8(6-10)9-5-7/h3-5H,2H2,1H3. The summed E-state index contributed by atoms with van der Waals surface area (Å²) in [6.07, 6.45) is 4.36. The van der Waals surface area contributed by atoms with Gasteiger partial charge in [-0.3, -0.25) is 9.78 Å². The van der Waals surface area contributed by atoms with Crippen LogP contribution in [0.25, 0.3) is 0 Å². The van der Waals surface area contributed by atoms with Crippen LogP contribution in [0.2, 0.25) is 0 Å². The Morgan fingerprint density at radius 2 is 2.40 bits per heavy atom. The molecule has 0 bridgehead atoms. The van der Waals surface area contributed by atoms with E-state index in [1.165, 1.54) is 0 Å². The zero-order valence-electron chi connectivity index (χ0n) is 5.79. The van der Waals surface area contributed by atoms with Crippen LogP contribution in [-0.2, 0) is 11.2 Å². The first-order chi connectivity index (χ1) is 4.86. The summed E-state index contributed by atoms with van der Waals surface area (Å²) in [6, 6.07) is 3.55. The molecular formula is C8H8NO. The minimum absolute atomic E-state index is 0.372. The second-order valence-corrected chi connectivity index (χ2v) is 2.01. The van der Waals surface area contributed by atoms with Gasteiger partial charge in [-0.05, 0) is 18.1 Å². The Bertz CT molecular complexity index is 215. The van der Waals surface area contributed by atoms with Crippen LogP contribution in [0.4, 0.5) is 0 Å². The number of rotatable bonds is 2. The van der Waals surface area contributed by atoms with Gasteiger partial charge in [-0.15, -0.1) is 0 Å². The van der Waals surface area contributed by atoms with Gasteiger partial charge in [-0.2, -0.15) is 0 Å². The number of carbonyl (C=O) groups excluding carboxylic acids is 1. The van der Waals surface area contributed by atoms with Crippen molar-refractivity contribution in [3.05, 3.63) is 29.6 Å². The molecule has 1 heterocycles. The van der Waals surface area contributed by atoms with Gasteiger partial charge in [0, 0.05) is 6.20 Å². The van der Waals surface area contributed by atoms with Crippen LogP contribution in [-0.4, -0.2) is 11.3 Å². The smallest absolute Gasteiger partial charge is 0.253 e. The van der Waals surface area contributed by atoms with Crippen molar-refractivity contribution in [3.8, 4) is 0 Å². The van der Waals surface area contributed by atoms with Gasteiger partial charge in [0.15, 0.2) is 0 Å². The van der Waals surface area contributed by atoms with E-state index in [0.717, 1.165) is 12.0 Å². The molecular weight excluding hydrogens is 126 g/mol. The van der Waals surface area contributed by atoms with Gasteiger partial charge in [0.1, 0.15) is 5.69 Å². The molecule has 0 unspecified atom stereocenters. The fourth-order valence-electron chi connectivity index (χ4n) is 0.694. The number of pyridine rings is 1. The average Bonchev–Trinajstić information content (AvgIpc) is 2.05. The van der Waals surface area contributed by atoms with Crippen molar-refractivity contribution < 1.29 is 4.79 Å². The molecule has 0 N–H and O–H groups in total. The normalized spacial score (nSPS) is 9.30. The highest BCUT2D eigenvalue weighted by atomic mass is 16.1. The maximum Gasteiger partial charge on any atom is 0.253 e. The molecule has 0 saturated carbocycles. The predicted molar refractivity (Wildman–Crippen MR) is 38.4 cm³/mol. The summed E-state index contributed by atoms with van der Waals surface area (Å²) in [4.78, 5) is 13.9. The second-order valence-electron chi connectivity index (χ2n) is 2.01. The van der Waals surface area contributed by atoms with Crippen molar-refractivity contribution in [3.63, 3.8) is 0 Å². The molecule has 0 aliphatic carbocycles. The Morgan fingerprint density at radius 3 is 2.80 bits per heavy atom. The number of hydrogen-bond acceptors (Lipinski definition) is 2. The molecule has 10 heavy (non-hydrogen) atoms. The first kappa shape index (κ1) is 6.93. The topological polar surface area (TPSA) is 30.0 Å². The molecule has 0 spiro atoms. The van der Waals surface area contributed by atoms with E-state index in [1.807, 2.05) is 13.0 Å². The van der Waals surface area contributed by atoms with E-state index < -0.39 is 0 Å². The van der Waals surface area contributed by atoms with Gasteiger partial charge < -0.3 is 0 Å². The Kier molecular flexibility index (Phi) is 2.15. The van der Waals surface area contributed by atoms with Crippen LogP contribution < -0.4 is 0 Å². The molecule has 1 radical (unpaired) electrons. The molecule has 2 nitrogen and oxygen atoms in total. The molecule has 0 aromatic carbocycles. The van der Waals surface area contributed by atoms with Crippen LogP contribution in [0, 0.1) is 0 Å². The van der Waals surface area contributed by atoms with Gasteiger partial charge in [0.2, 0.25) is 0 Å². The maximum atomic E-state index is 10.0. The van der Waals surface area contributed by atoms with E-state index in [4.69, 9.17) is 0 Å². The lowest BCUT2D eigenvalue weighted by molar-refractivity contribution is 0.561. The lowest BCUT2D eigenvalue weighted by atomic mass is 10.2. The number of aryl methyl sites for hydroxylation is 1. The van der Waals surface area contributed by atoms with E-state index in [0.29, 0.717) is 5.69 Å². The van der Waals surface area contributed by atoms with Gasteiger partial charge >= 0.3 is 0 Å². The van der Waals surface area contributed by atoms with Crippen LogP contribution in [0.3, 0.4) is 0 Å². The molecule has 1 rings (SSSR count). The molecule has 0 amide bonds. The summed E-state index contributed by atoms with van der Waals surface area (Å²) in [5.41, 5.74) is 1.51. The minimum Gasteiger partial charge on any atom is -0.283 e. The molecule has 0 aliphatic rings. The molecule has 1 aromatic rings. The van der Waals surface area contributed by atoms with Crippen LogP contribution in [0.5, 0.6) is 0 Å². The molecule has 0 aliphatic heterocycles. The summed E-state index contributed by atoms with van der Waals surface area (Å²) in [7, 11) is 0. The Morgan fingerprint density at radius 1 is 1.60 bits per heavy atom. The molecule has 1 aromatic heterocycles. The third-order valence-corrected chi connectivity index (χ3v) is 1.34. The fourth-order valence-corrected chi connectivity index (χ4v) is 0.694. The SMILES string of the molecule is CCc1ccc([C]=O)nc1. The summed E-state index contributed by atoms with van der Waals surface area (Å²) < 4.78 is 0. The lowest BCUT2D eigenvalue weighted by Crippen LogP contribution is -1.87. The van der Waals surface area contributed by atoms with Crippen LogP contribution in [0.1, 0.15) is 18.2 Å². The Hall–Kier alpha value is -1.18. The van der Waals surface area contributed by atoms with Crippen LogP contribution >= 0.6 is 0 Å². The third kappa shape index (κ3) is 1.41. The number of hydrogen-bond donors (Lipinski definition) is 0. The number of aromatic nitrogens is 1. The molecule has 51 valence electrons. The van der Waals surface area contributed by atoms with E-state index in [9.17, 15) is 4.79 Å². The van der Waals surface area contributed by atoms with Gasteiger partial charge in [-0.25, -0.2) is 0 Å². The highest BCUT2D eigenvalue weighted by molar-refractivity contribution is 5.71. The van der Waals surface area contributed by atoms with Crippen molar-refractivity contribution in [1.82, 2.24) is 4.98 Å². The first-order valence-corrected chi connectivity index (χ1v) is 3.20. The number of nitrogens with zero attached hydrogens (tertiary/aromatic N) is 1. The first-order valence-electron chi connectivity index (χ1n) is 3.20. The van der Waals surface area contributed by atoms with E-state index in [2.05, 4.69) is 4.98 Å². The quantitative estimate of drug-likeness (QED) is 0.606. The van der Waals surface area contributed by atoms with Crippen molar-refractivity contribution in [2.24, 2.45) is 0 Å². The summed E-state index contributed by atoms with van der Waals surface area (Å²) in [5, 5.41) is 0. The van der Waals surface area contributed by atoms with E-state index in [1.54, 1.807) is 18.5 Å². The zero-order valence-corrected chi connectivity index (χ0v) is 5.79. The van der Waals surface area contributed by atoms with Crippen molar-refractivity contribution in [2.45, 2.75) is 13.3 Å². The Labute approximate surface area is 59.9 Å². The molecule has 0 saturated heterocycles. The van der Waals surface area contributed by atoms with Crippen LogP contribution in [0.15, 0.2) is 18.3 Å². The van der Waals surface area contributed by atoms with E-state index in [-0.39, 0.29) is 0 Å². The van der Waals surface area contributed by atoms with Crippen molar-refractivity contribution >= 4 is 6.29 Å². The lowest BCUT2D eigenvalue weighted by Gasteiger charge is -1.92. The van der Waals surface area contributed by atoms with Crippen molar-refractivity contribution in [2.75, 3.05) is 0 Å². The highest BCUT2D eigenvalue weighted by Gasteiger charge is 1.91. The average molecular weight is 134 g/mol. The zero-order chi connectivity index (χ0) is 7.40. The summed E-state index contributed by atoms with van der Waals surface area (Å²) in [6.45, 7) is 2.04. The third-order valence-electron chi connectivity index (χ3n) is 1.34. The monoisotopic (exact) mass is 134 g/mol. The van der Waals surface area contributed by atoms with Gasteiger partial charge in [-0.1, -0.05) is 13.0 Å². The molecule has 2 heteroatoms. The predicted octanol–water partition coefficient (Wildman–Crippen LogP) is 1.10. The largest absolute Gasteiger partial charge is 0.283 e. The molecule has 0 fully saturated rings. The summed E-state index contributed by atoms with van der Waals surface area (Å²) in [5.74, 6) is 0. The van der Waals surface area contributed by atoms with E-state index >= 15 is 0 Å². The van der Waals surface area contributed by atoms with Gasteiger partial charge in [0.05, 0.1) is 0 Å². The molecule has 0 atom stereocenters. The second kappa shape index (κ2) is 3.11. The highest BCUT2D eigenvalue weighted by Crippen LogP contribution is 1.97. The van der Waals surface area contributed by atoms with Gasteiger partial charge in [0.25, 0.3) is 6.29 Å². The maximum absolute atomic E-state index is 10.0. The fraction of sp³-hybridized carbons (Fsp3) is 0.250. The Balaban J connectivity index is 2.90. The van der Waals surface area contributed by atoms with Crippen molar-refractivity contribution in [1.29, 1.82) is 0 Å². The minimum atomic E-state index is 0.372. The summed E-state index contributed by atoms with van der Waals surface area (Å²) >= 11 is 0.